The fourth-order valence-corrected chi connectivity index (χ4v) is 4.03. The summed E-state index contributed by atoms with van der Waals surface area (Å²) in [5, 5.41) is 2.60. The molecule has 1 aromatic rings. The second-order valence-electron chi connectivity index (χ2n) is 7.33. The first-order chi connectivity index (χ1) is 14.0. The first kappa shape index (κ1) is 19.2. The van der Waals surface area contributed by atoms with E-state index in [1.165, 1.54) is 0 Å². The average Bonchev–Trinajstić information content (AvgIpc) is 2.97. The number of carbonyl (C=O) groups excluding carboxylic acids is 4. The topological polar surface area (TPSA) is 111 Å². The van der Waals surface area contributed by atoms with E-state index in [2.05, 4.69) is 5.32 Å². The number of fused-ring (bicyclic) bond motifs is 2. The van der Waals surface area contributed by atoms with Crippen LogP contribution in [-0.2, 0) is 23.9 Å². The molecule has 2 fully saturated rings. The summed E-state index contributed by atoms with van der Waals surface area (Å²) < 4.78 is 15.8. The van der Waals surface area contributed by atoms with Crippen molar-refractivity contribution in [1.82, 2.24) is 4.90 Å². The van der Waals surface area contributed by atoms with Gasteiger partial charge < -0.3 is 19.5 Å². The Labute approximate surface area is 167 Å². The van der Waals surface area contributed by atoms with Crippen LogP contribution < -0.4 is 14.8 Å². The number of ether oxygens (including phenoxy) is 3. The number of benzene rings is 1. The first-order valence-electron chi connectivity index (χ1n) is 9.73. The van der Waals surface area contributed by atoms with E-state index in [0.717, 1.165) is 17.7 Å². The van der Waals surface area contributed by atoms with Gasteiger partial charge in [0.15, 0.2) is 18.1 Å². The van der Waals surface area contributed by atoms with Crippen LogP contribution in [0.15, 0.2) is 18.2 Å². The number of nitrogens with one attached hydrogen (secondary N) is 1. The number of hydrogen-bond donors (Lipinski definition) is 1. The van der Waals surface area contributed by atoms with Crippen LogP contribution in [0.4, 0.5) is 5.69 Å². The number of imide groups is 1. The molecular weight excluding hydrogens is 380 g/mol. The summed E-state index contributed by atoms with van der Waals surface area (Å²) in [6, 6.07) is 4.95. The molecule has 3 aliphatic rings. The Morgan fingerprint density at radius 1 is 1.03 bits per heavy atom. The van der Waals surface area contributed by atoms with Gasteiger partial charge in [0, 0.05) is 11.8 Å². The molecule has 4 rings (SSSR count). The van der Waals surface area contributed by atoms with Gasteiger partial charge in [0.25, 0.3) is 5.91 Å². The molecule has 154 valence electrons. The molecular formula is C20H22N2O7. The van der Waals surface area contributed by atoms with E-state index in [1.54, 1.807) is 18.2 Å². The zero-order valence-electron chi connectivity index (χ0n) is 15.8. The molecule has 1 saturated heterocycles. The van der Waals surface area contributed by atoms with Crippen molar-refractivity contribution in [3.63, 3.8) is 0 Å². The third-order valence-corrected chi connectivity index (χ3v) is 5.41. The van der Waals surface area contributed by atoms with Crippen LogP contribution in [0.25, 0.3) is 0 Å². The number of hydrogen-bond acceptors (Lipinski definition) is 7. The van der Waals surface area contributed by atoms with E-state index in [1.807, 2.05) is 0 Å². The van der Waals surface area contributed by atoms with E-state index < -0.39 is 25.0 Å². The van der Waals surface area contributed by atoms with Crippen LogP contribution in [0, 0.1) is 11.8 Å². The first-order valence-corrected chi connectivity index (χ1v) is 9.73. The van der Waals surface area contributed by atoms with E-state index in [0.29, 0.717) is 43.2 Å². The van der Waals surface area contributed by atoms with Crippen LogP contribution in [0.1, 0.15) is 25.7 Å². The third kappa shape index (κ3) is 4.03. The molecule has 2 atom stereocenters. The highest BCUT2D eigenvalue weighted by Crippen LogP contribution is 2.38. The Hall–Kier alpha value is -3.10. The Morgan fingerprint density at radius 2 is 1.69 bits per heavy atom. The lowest BCUT2D eigenvalue weighted by atomic mass is 9.81. The molecule has 0 aromatic heterocycles. The van der Waals surface area contributed by atoms with Gasteiger partial charge in [-0.3, -0.25) is 24.1 Å². The maximum absolute atomic E-state index is 12.4. The molecule has 2 aliphatic heterocycles. The minimum Gasteiger partial charge on any atom is -0.486 e. The minimum atomic E-state index is -0.789. The predicted molar refractivity (Wildman–Crippen MR) is 99.2 cm³/mol. The Kier molecular flexibility index (Phi) is 5.37. The normalized spacial score (nSPS) is 22.8. The molecule has 0 unspecified atom stereocenters. The molecule has 29 heavy (non-hydrogen) atoms. The van der Waals surface area contributed by atoms with Gasteiger partial charge in [0.05, 0.1) is 11.8 Å². The molecule has 1 saturated carbocycles. The Balaban J connectivity index is 1.27. The summed E-state index contributed by atoms with van der Waals surface area (Å²) in [5.74, 6) is -1.45. The number of anilines is 1. The Bertz CT molecular complexity index is 829. The zero-order chi connectivity index (χ0) is 20.4. The van der Waals surface area contributed by atoms with Crippen LogP contribution in [0.5, 0.6) is 11.5 Å². The fraction of sp³-hybridized carbons (Fsp3) is 0.500. The van der Waals surface area contributed by atoms with Crippen molar-refractivity contribution in [1.29, 1.82) is 0 Å². The summed E-state index contributed by atoms with van der Waals surface area (Å²) in [6.45, 7) is -0.0752. The zero-order valence-corrected chi connectivity index (χ0v) is 15.8. The smallest absolute Gasteiger partial charge is 0.326 e. The van der Waals surface area contributed by atoms with Crippen molar-refractivity contribution >= 4 is 29.4 Å². The van der Waals surface area contributed by atoms with Gasteiger partial charge in [0.1, 0.15) is 19.8 Å². The molecule has 9 heteroatoms. The highest BCUT2D eigenvalue weighted by Gasteiger charge is 2.48. The largest absolute Gasteiger partial charge is 0.486 e. The molecule has 0 radical (unpaired) electrons. The highest BCUT2D eigenvalue weighted by molar-refractivity contribution is 6.07. The van der Waals surface area contributed by atoms with E-state index >= 15 is 0 Å². The lowest BCUT2D eigenvalue weighted by molar-refractivity contribution is -0.154. The molecule has 1 aliphatic carbocycles. The van der Waals surface area contributed by atoms with E-state index in [-0.39, 0.29) is 23.7 Å². The van der Waals surface area contributed by atoms with E-state index in [4.69, 9.17) is 14.2 Å². The van der Waals surface area contributed by atoms with Gasteiger partial charge >= 0.3 is 5.97 Å². The molecule has 0 spiro atoms. The summed E-state index contributed by atoms with van der Waals surface area (Å²) in [7, 11) is 0. The monoisotopic (exact) mass is 402 g/mol. The summed E-state index contributed by atoms with van der Waals surface area (Å²) in [5.41, 5.74) is 0.476. The quantitative estimate of drug-likeness (QED) is 0.580. The summed E-state index contributed by atoms with van der Waals surface area (Å²) in [4.78, 5) is 49.8. The van der Waals surface area contributed by atoms with Crippen molar-refractivity contribution in [3.8, 4) is 11.5 Å². The van der Waals surface area contributed by atoms with Crippen LogP contribution >= 0.6 is 0 Å². The van der Waals surface area contributed by atoms with Gasteiger partial charge in [-0.2, -0.15) is 0 Å². The molecule has 1 aromatic carbocycles. The van der Waals surface area contributed by atoms with Gasteiger partial charge in [-0.1, -0.05) is 12.8 Å². The predicted octanol–water partition coefficient (Wildman–Crippen LogP) is 1.11. The van der Waals surface area contributed by atoms with Crippen molar-refractivity contribution in [2.75, 3.05) is 31.7 Å². The maximum atomic E-state index is 12.4. The lowest BCUT2D eigenvalue weighted by Gasteiger charge is -2.19. The third-order valence-electron chi connectivity index (χ3n) is 5.41. The summed E-state index contributed by atoms with van der Waals surface area (Å²) in [6.07, 6.45) is 3.19. The number of esters is 1. The second-order valence-corrected chi connectivity index (χ2v) is 7.33. The molecule has 1 N–H and O–H groups in total. The van der Waals surface area contributed by atoms with Crippen LogP contribution in [0.2, 0.25) is 0 Å². The lowest BCUT2D eigenvalue weighted by Crippen LogP contribution is -2.37. The van der Waals surface area contributed by atoms with Gasteiger partial charge in [0.2, 0.25) is 11.8 Å². The Morgan fingerprint density at radius 3 is 2.38 bits per heavy atom. The summed E-state index contributed by atoms with van der Waals surface area (Å²) >= 11 is 0. The van der Waals surface area contributed by atoms with E-state index in [9.17, 15) is 19.2 Å². The van der Waals surface area contributed by atoms with Crippen molar-refractivity contribution in [3.05, 3.63) is 18.2 Å². The number of likely N-dealkylation sites (tertiary alicyclic amines) is 1. The van der Waals surface area contributed by atoms with Gasteiger partial charge in [-0.05, 0) is 25.0 Å². The minimum absolute atomic E-state index is 0.308. The highest BCUT2D eigenvalue weighted by atomic mass is 16.6. The SMILES string of the molecule is O=C(COC(=O)CN1C(=O)[C@H]2CCCC[C@H]2C1=O)Nc1ccc2c(c1)OCCO2. The number of rotatable bonds is 5. The standard InChI is InChI=1S/C20H22N2O7/c23-17(21-12-5-6-15-16(9-12)28-8-7-27-15)11-29-18(24)10-22-19(25)13-3-1-2-4-14(13)20(22)26/h5-6,9,13-14H,1-4,7-8,10-11H2,(H,21,23)/t13-,14+. The number of carbonyl (C=O) groups is 4. The number of nitrogens with zero attached hydrogens (tertiary/aromatic N) is 1. The van der Waals surface area contributed by atoms with Crippen LogP contribution in [-0.4, -0.2) is 55.0 Å². The van der Waals surface area contributed by atoms with Crippen molar-refractivity contribution in [2.45, 2.75) is 25.7 Å². The molecule has 9 nitrogen and oxygen atoms in total. The van der Waals surface area contributed by atoms with Crippen molar-refractivity contribution in [2.24, 2.45) is 11.8 Å². The maximum Gasteiger partial charge on any atom is 0.326 e. The number of amides is 3. The van der Waals surface area contributed by atoms with Gasteiger partial charge in [-0.15, -0.1) is 0 Å². The van der Waals surface area contributed by atoms with Crippen molar-refractivity contribution < 1.29 is 33.4 Å². The van der Waals surface area contributed by atoms with Gasteiger partial charge in [-0.25, -0.2) is 0 Å². The molecule has 0 bridgehead atoms. The van der Waals surface area contributed by atoms with Crippen LogP contribution in [0.3, 0.4) is 0 Å². The average molecular weight is 402 g/mol. The molecule has 2 heterocycles. The molecule has 3 amide bonds. The fourth-order valence-electron chi connectivity index (χ4n) is 4.03. The second kappa shape index (κ2) is 8.10.